The standard InChI is InChI=1S/C22H30N4O3S/c1-22(2,3)29-21(28)26-15-7-5-14(6-8-15)25-19-18-17-13(10-11-27)4-9-16(17)30-20(18)24-12-23-19/h11-15H,4-10H2,1-3H3,(H,26,28)(H,23,24,25)/t13-,14?,15?/m1/s1. The number of aldehydes is 1. The summed E-state index contributed by atoms with van der Waals surface area (Å²) in [7, 11) is 0. The molecule has 0 bridgehead atoms. The van der Waals surface area contributed by atoms with E-state index in [4.69, 9.17) is 4.74 Å². The number of thiophene rings is 1. The van der Waals surface area contributed by atoms with Gasteiger partial charge in [0.1, 0.15) is 28.9 Å². The molecule has 0 aromatic carbocycles. The normalized spacial score (nSPS) is 23.8. The maximum atomic E-state index is 12.0. The monoisotopic (exact) mass is 430 g/mol. The summed E-state index contributed by atoms with van der Waals surface area (Å²) >= 11 is 1.74. The molecule has 1 saturated carbocycles. The summed E-state index contributed by atoms with van der Waals surface area (Å²) in [5.41, 5.74) is 0.800. The second-order valence-corrected chi connectivity index (χ2v) is 10.4. The lowest BCUT2D eigenvalue weighted by Gasteiger charge is -2.31. The lowest BCUT2D eigenvalue weighted by Crippen LogP contribution is -2.42. The van der Waals surface area contributed by atoms with Crippen molar-refractivity contribution in [2.45, 2.75) is 89.3 Å². The van der Waals surface area contributed by atoms with Crippen LogP contribution in [-0.4, -0.2) is 40.0 Å². The number of aromatic nitrogens is 2. The minimum atomic E-state index is -0.482. The van der Waals surface area contributed by atoms with Crippen LogP contribution in [0, 0.1) is 0 Å². The Morgan fingerprint density at radius 1 is 1.20 bits per heavy atom. The molecule has 1 atom stereocenters. The first-order valence-electron chi connectivity index (χ1n) is 10.8. The predicted octanol–water partition coefficient (Wildman–Crippen LogP) is 4.56. The molecule has 8 heteroatoms. The van der Waals surface area contributed by atoms with E-state index in [-0.39, 0.29) is 18.1 Å². The van der Waals surface area contributed by atoms with Gasteiger partial charge in [0.15, 0.2) is 0 Å². The van der Waals surface area contributed by atoms with Gasteiger partial charge in [-0.3, -0.25) is 0 Å². The molecule has 162 valence electrons. The maximum Gasteiger partial charge on any atom is 0.407 e. The van der Waals surface area contributed by atoms with Crippen molar-refractivity contribution in [1.29, 1.82) is 0 Å². The summed E-state index contributed by atoms with van der Waals surface area (Å²) in [5.74, 6) is 1.17. The number of nitrogens with zero attached hydrogens (tertiary/aromatic N) is 2. The number of ether oxygens (including phenoxy) is 1. The zero-order valence-electron chi connectivity index (χ0n) is 17.9. The molecule has 2 aromatic rings. The third kappa shape index (κ3) is 4.58. The van der Waals surface area contributed by atoms with E-state index in [1.54, 1.807) is 17.7 Å². The zero-order chi connectivity index (χ0) is 21.3. The summed E-state index contributed by atoms with van der Waals surface area (Å²) in [6, 6.07) is 0.451. The molecule has 0 unspecified atom stereocenters. The van der Waals surface area contributed by atoms with E-state index in [9.17, 15) is 9.59 Å². The van der Waals surface area contributed by atoms with Gasteiger partial charge in [0.05, 0.1) is 5.39 Å². The van der Waals surface area contributed by atoms with Crippen LogP contribution in [0.15, 0.2) is 6.33 Å². The number of hydrogen-bond acceptors (Lipinski definition) is 7. The Bertz CT molecular complexity index is 928. The first-order valence-corrected chi connectivity index (χ1v) is 11.6. The Morgan fingerprint density at radius 2 is 1.93 bits per heavy atom. The Morgan fingerprint density at radius 3 is 2.63 bits per heavy atom. The number of fused-ring (bicyclic) bond motifs is 3. The SMILES string of the molecule is CC(C)(C)OC(=O)NC1CCC(Nc2ncnc3sc4c(c23)[C@@H](CC=O)CC4)CC1. The summed E-state index contributed by atoms with van der Waals surface area (Å²) in [6.45, 7) is 5.62. The fourth-order valence-electron chi connectivity index (χ4n) is 4.58. The van der Waals surface area contributed by atoms with Gasteiger partial charge in [0.25, 0.3) is 0 Å². The smallest absolute Gasteiger partial charge is 0.407 e. The predicted molar refractivity (Wildman–Crippen MR) is 118 cm³/mol. The Kier molecular flexibility index (Phi) is 5.95. The molecule has 4 rings (SSSR count). The van der Waals surface area contributed by atoms with E-state index in [2.05, 4.69) is 20.6 Å². The van der Waals surface area contributed by atoms with E-state index in [1.807, 2.05) is 20.8 Å². The van der Waals surface area contributed by atoms with Gasteiger partial charge in [0, 0.05) is 23.4 Å². The molecule has 0 spiro atoms. The fraction of sp³-hybridized carbons (Fsp3) is 0.636. The van der Waals surface area contributed by atoms with Crippen molar-refractivity contribution in [3.63, 3.8) is 0 Å². The number of amides is 1. The van der Waals surface area contributed by atoms with Crippen LogP contribution in [0.2, 0.25) is 0 Å². The highest BCUT2D eigenvalue weighted by Crippen LogP contribution is 2.46. The van der Waals surface area contributed by atoms with Crippen molar-refractivity contribution in [3.05, 3.63) is 16.8 Å². The minimum absolute atomic E-state index is 0.144. The molecular formula is C22H30N4O3S. The Balaban J connectivity index is 1.41. The number of alkyl carbamates (subject to hydrolysis) is 1. The molecule has 0 saturated heterocycles. The summed E-state index contributed by atoms with van der Waals surface area (Å²) < 4.78 is 5.37. The van der Waals surface area contributed by atoms with E-state index >= 15 is 0 Å². The van der Waals surface area contributed by atoms with Crippen molar-refractivity contribution >= 4 is 39.8 Å². The first-order chi connectivity index (χ1) is 14.3. The van der Waals surface area contributed by atoms with E-state index < -0.39 is 5.60 Å². The van der Waals surface area contributed by atoms with Crippen molar-refractivity contribution in [2.24, 2.45) is 0 Å². The highest BCUT2D eigenvalue weighted by molar-refractivity contribution is 7.19. The van der Waals surface area contributed by atoms with E-state index in [0.29, 0.717) is 12.5 Å². The van der Waals surface area contributed by atoms with Gasteiger partial charge in [-0.15, -0.1) is 11.3 Å². The average Bonchev–Trinajstić information content (AvgIpc) is 3.22. The number of carbonyl (C=O) groups is 2. The lowest BCUT2D eigenvalue weighted by molar-refractivity contribution is -0.108. The highest BCUT2D eigenvalue weighted by atomic mass is 32.1. The van der Waals surface area contributed by atoms with Crippen LogP contribution in [0.3, 0.4) is 0 Å². The molecule has 0 radical (unpaired) electrons. The van der Waals surface area contributed by atoms with Crippen molar-refractivity contribution in [2.75, 3.05) is 5.32 Å². The van der Waals surface area contributed by atoms with Crippen LogP contribution in [0.1, 0.15) is 75.7 Å². The van der Waals surface area contributed by atoms with Crippen molar-refractivity contribution in [1.82, 2.24) is 15.3 Å². The van der Waals surface area contributed by atoms with Crippen LogP contribution in [-0.2, 0) is 16.0 Å². The van der Waals surface area contributed by atoms with Crippen molar-refractivity contribution in [3.8, 4) is 0 Å². The molecule has 2 aromatic heterocycles. The van der Waals surface area contributed by atoms with Gasteiger partial charge < -0.3 is 20.2 Å². The van der Waals surface area contributed by atoms with E-state index in [1.165, 1.54) is 10.4 Å². The molecule has 2 aliphatic carbocycles. The van der Waals surface area contributed by atoms with Crippen LogP contribution < -0.4 is 10.6 Å². The summed E-state index contributed by atoms with van der Waals surface area (Å²) in [5, 5.41) is 7.74. The minimum Gasteiger partial charge on any atom is -0.444 e. The van der Waals surface area contributed by atoms with Gasteiger partial charge in [-0.1, -0.05) is 0 Å². The van der Waals surface area contributed by atoms with E-state index in [0.717, 1.165) is 60.8 Å². The van der Waals surface area contributed by atoms with Gasteiger partial charge in [-0.05, 0) is 70.8 Å². The van der Waals surface area contributed by atoms with Crippen LogP contribution in [0.25, 0.3) is 10.2 Å². The van der Waals surface area contributed by atoms with Gasteiger partial charge in [-0.25, -0.2) is 14.8 Å². The summed E-state index contributed by atoms with van der Waals surface area (Å²) in [4.78, 5) is 34.6. The molecule has 1 amide bonds. The van der Waals surface area contributed by atoms with Crippen LogP contribution in [0.4, 0.5) is 10.6 Å². The third-order valence-corrected chi connectivity index (χ3v) is 7.07. The number of carbonyl (C=O) groups excluding carboxylic acids is 2. The van der Waals surface area contributed by atoms with Gasteiger partial charge in [0.2, 0.25) is 0 Å². The number of nitrogens with one attached hydrogen (secondary N) is 2. The molecular weight excluding hydrogens is 400 g/mol. The highest BCUT2D eigenvalue weighted by Gasteiger charge is 2.30. The third-order valence-electron chi connectivity index (χ3n) is 5.90. The molecule has 2 N–H and O–H groups in total. The maximum absolute atomic E-state index is 12.0. The molecule has 30 heavy (non-hydrogen) atoms. The second-order valence-electron chi connectivity index (χ2n) is 9.32. The van der Waals surface area contributed by atoms with Gasteiger partial charge >= 0.3 is 6.09 Å². The molecule has 0 aliphatic heterocycles. The van der Waals surface area contributed by atoms with Crippen LogP contribution >= 0.6 is 11.3 Å². The molecule has 2 aliphatic rings. The average molecular weight is 431 g/mol. The van der Waals surface area contributed by atoms with Crippen LogP contribution in [0.5, 0.6) is 0 Å². The molecule has 2 heterocycles. The zero-order valence-corrected chi connectivity index (χ0v) is 18.7. The topological polar surface area (TPSA) is 93.2 Å². The summed E-state index contributed by atoms with van der Waals surface area (Å²) in [6.07, 6.45) is 8.65. The fourth-order valence-corrected chi connectivity index (χ4v) is 5.82. The first kappa shape index (κ1) is 21.0. The van der Waals surface area contributed by atoms with Crippen molar-refractivity contribution < 1.29 is 14.3 Å². The largest absolute Gasteiger partial charge is 0.444 e. The Labute approximate surface area is 181 Å². The number of aryl methyl sites for hydroxylation is 1. The lowest BCUT2D eigenvalue weighted by atomic mass is 9.91. The quantitative estimate of drug-likeness (QED) is 0.676. The second kappa shape index (κ2) is 8.49. The van der Waals surface area contributed by atoms with Gasteiger partial charge in [-0.2, -0.15) is 0 Å². The number of rotatable bonds is 5. The molecule has 7 nitrogen and oxygen atoms in total. The molecule has 1 fully saturated rings. The number of anilines is 1. The number of hydrogen-bond donors (Lipinski definition) is 2. The Hall–Kier alpha value is -2.22.